The second kappa shape index (κ2) is 6.61. The molecule has 0 fully saturated rings. The van der Waals surface area contributed by atoms with Gasteiger partial charge < -0.3 is 15.2 Å². The van der Waals surface area contributed by atoms with Crippen molar-refractivity contribution in [2.24, 2.45) is 0 Å². The Kier molecular flexibility index (Phi) is 5.43. The second-order valence-electron chi connectivity index (χ2n) is 3.93. The first-order valence-electron chi connectivity index (χ1n) is 5.53. The first-order chi connectivity index (χ1) is 8.40. The van der Waals surface area contributed by atoms with E-state index in [0.29, 0.717) is 18.7 Å². The quantitative estimate of drug-likeness (QED) is 0.774. The summed E-state index contributed by atoms with van der Waals surface area (Å²) in [5, 5.41) is 12.6. The largest absolute Gasteiger partial charge is 0.507 e. The van der Waals surface area contributed by atoms with Crippen LogP contribution in [0.15, 0.2) is 18.2 Å². The van der Waals surface area contributed by atoms with Crippen LogP contribution in [0.4, 0.5) is 13.2 Å². The summed E-state index contributed by atoms with van der Waals surface area (Å²) in [6.07, 6.45) is -4.28. The smallest absolute Gasteiger partial charge is 0.411 e. The van der Waals surface area contributed by atoms with Crippen molar-refractivity contribution in [2.45, 2.75) is 19.6 Å². The average molecular weight is 263 g/mol. The molecule has 3 nitrogen and oxygen atoms in total. The number of benzene rings is 1. The zero-order valence-electron chi connectivity index (χ0n) is 10.0. The summed E-state index contributed by atoms with van der Waals surface area (Å²) in [5.41, 5.74) is 1.48. The number of aromatic hydroxyl groups is 1. The van der Waals surface area contributed by atoms with Crippen LogP contribution in [0.3, 0.4) is 0 Å². The van der Waals surface area contributed by atoms with Crippen molar-refractivity contribution in [1.82, 2.24) is 5.32 Å². The topological polar surface area (TPSA) is 41.5 Å². The fourth-order valence-corrected chi connectivity index (χ4v) is 1.42. The Morgan fingerprint density at radius 3 is 2.72 bits per heavy atom. The number of hydrogen-bond acceptors (Lipinski definition) is 3. The van der Waals surface area contributed by atoms with Gasteiger partial charge >= 0.3 is 6.18 Å². The zero-order valence-corrected chi connectivity index (χ0v) is 10.0. The molecule has 0 aliphatic carbocycles. The van der Waals surface area contributed by atoms with Gasteiger partial charge in [-0.15, -0.1) is 0 Å². The molecule has 0 aromatic heterocycles. The van der Waals surface area contributed by atoms with Crippen molar-refractivity contribution in [1.29, 1.82) is 0 Å². The van der Waals surface area contributed by atoms with Crippen molar-refractivity contribution >= 4 is 0 Å². The van der Waals surface area contributed by atoms with Gasteiger partial charge in [0.15, 0.2) is 0 Å². The molecule has 0 heterocycles. The third-order valence-corrected chi connectivity index (χ3v) is 2.33. The SMILES string of the molecule is Cc1cccc(CNCCOCC(F)(F)F)c1O. The number of alkyl halides is 3. The summed E-state index contributed by atoms with van der Waals surface area (Å²) in [4.78, 5) is 0. The molecule has 0 saturated carbocycles. The predicted molar refractivity (Wildman–Crippen MR) is 61.4 cm³/mol. The molecule has 0 bridgehead atoms. The minimum absolute atomic E-state index is 0.0217. The van der Waals surface area contributed by atoms with Crippen LogP contribution in [0.5, 0.6) is 5.75 Å². The lowest BCUT2D eigenvalue weighted by atomic mass is 10.1. The van der Waals surface area contributed by atoms with Crippen molar-refractivity contribution in [3.05, 3.63) is 29.3 Å². The van der Waals surface area contributed by atoms with E-state index < -0.39 is 12.8 Å². The van der Waals surface area contributed by atoms with Gasteiger partial charge in [-0.1, -0.05) is 18.2 Å². The summed E-state index contributed by atoms with van der Waals surface area (Å²) >= 11 is 0. The van der Waals surface area contributed by atoms with Gasteiger partial charge in [-0.3, -0.25) is 0 Å². The van der Waals surface area contributed by atoms with Gasteiger partial charge in [-0.05, 0) is 12.5 Å². The molecule has 0 aliphatic rings. The van der Waals surface area contributed by atoms with Crippen LogP contribution in [0.1, 0.15) is 11.1 Å². The van der Waals surface area contributed by atoms with E-state index >= 15 is 0 Å². The van der Waals surface area contributed by atoms with E-state index in [1.807, 2.05) is 6.07 Å². The summed E-state index contributed by atoms with van der Waals surface area (Å²) in [7, 11) is 0. The molecule has 1 aromatic carbocycles. The Bertz CT molecular complexity index is 380. The molecule has 0 atom stereocenters. The number of nitrogens with one attached hydrogen (secondary N) is 1. The fourth-order valence-electron chi connectivity index (χ4n) is 1.42. The standard InChI is InChI=1S/C12H16F3NO2/c1-9-3-2-4-10(11(9)17)7-16-5-6-18-8-12(13,14)15/h2-4,16-17H,5-8H2,1H3. The number of hydrogen-bond donors (Lipinski definition) is 2. The van der Waals surface area contributed by atoms with Crippen LogP contribution < -0.4 is 5.32 Å². The van der Waals surface area contributed by atoms with Crippen LogP contribution in [0, 0.1) is 6.92 Å². The Morgan fingerprint density at radius 2 is 2.06 bits per heavy atom. The average Bonchev–Trinajstić information content (AvgIpc) is 2.27. The van der Waals surface area contributed by atoms with Crippen LogP contribution in [-0.4, -0.2) is 31.0 Å². The second-order valence-corrected chi connectivity index (χ2v) is 3.93. The highest BCUT2D eigenvalue weighted by Gasteiger charge is 2.27. The summed E-state index contributed by atoms with van der Waals surface area (Å²) < 4.78 is 39.7. The van der Waals surface area contributed by atoms with Crippen LogP contribution in [-0.2, 0) is 11.3 Å². The maximum Gasteiger partial charge on any atom is 0.411 e. The Balaban J connectivity index is 2.20. The number of aryl methyl sites for hydroxylation is 1. The maximum atomic E-state index is 11.7. The fraction of sp³-hybridized carbons (Fsp3) is 0.500. The minimum Gasteiger partial charge on any atom is -0.507 e. The Morgan fingerprint density at radius 1 is 1.33 bits per heavy atom. The van der Waals surface area contributed by atoms with Gasteiger partial charge in [0.25, 0.3) is 0 Å². The van der Waals surface area contributed by atoms with E-state index in [1.165, 1.54) is 0 Å². The first kappa shape index (κ1) is 14.8. The molecule has 6 heteroatoms. The highest BCUT2D eigenvalue weighted by Crippen LogP contribution is 2.20. The Labute approximate surface area is 104 Å². The van der Waals surface area contributed by atoms with Gasteiger partial charge in [-0.2, -0.15) is 13.2 Å². The molecule has 0 saturated heterocycles. The molecule has 18 heavy (non-hydrogen) atoms. The number of para-hydroxylation sites is 1. The lowest BCUT2D eigenvalue weighted by Crippen LogP contribution is -2.23. The van der Waals surface area contributed by atoms with Crippen molar-refractivity contribution in [3.8, 4) is 5.75 Å². The molecule has 0 unspecified atom stereocenters. The Hall–Kier alpha value is -1.27. The normalized spacial score (nSPS) is 11.8. The van der Waals surface area contributed by atoms with E-state index in [0.717, 1.165) is 5.56 Å². The van der Waals surface area contributed by atoms with Crippen LogP contribution in [0.25, 0.3) is 0 Å². The first-order valence-corrected chi connectivity index (χ1v) is 5.53. The molecule has 1 rings (SSSR count). The maximum absolute atomic E-state index is 11.7. The molecule has 102 valence electrons. The molecule has 0 spiro atoms. The van der Waals surface area contributed by atoms with Gasteiger partial charge in [0.1, 0.15) is 12.4 Å². The molecular formula is C12H16F3NO2. The van der Waals surface area contributed by atoms with Gasteiger partial charge in [0.05, 0.1) is 6.61 Å². The molecule has 0 radical (unpaired) electrons. The number of ether oxygens (including phenoxy) is 1. The lowest BCUT2D eigenvalue weighted by Gasteiger charge is -2.10. The predicted octanol–water partition coefficient (Wildman–Crippen LogP) is 2.37. The third-order valence-electron chi connectivity index (χ3n) is 2.33. The van der Waals surface area contributed by atoms with Gasteiger partial charge in [0, 0.05) is 18.7 Å². The van der Waals surface area contributed by atoms with Crippen LogP contribution in [0.2, 0.25) is 0 Å². The zero-order chi connectivity index (χ0) is 13.6. The van der Waals surface area contributed by atoms with E-state index in [2.05, 4.69) is 10.1 Å². The molecule has 1 aromatic rings. The highest BCUT2D eigenvalue weighted by atomic mass is 19.4. The lowest BCUT2D eigenvalue weighted by molar-refractivity contribution is -0.173. The van der Waals surface area contributed by atoms with E-state index in [4.69, 9.17) is 0 Å². The monoisotopic (exact) mass is 263 g/mol. The van der Waals surface area contributed by atoms with Crippen molar-refractivity contribution in [2.75, 3.05) is 19.8 Å². The van der Waals surface area contributed by atoms with E-state index in [-0.39, 0.29) is 12.4 Å². The number of rotatable bonds is 6. The van der Waals surface area contributed by atoms with Gasteiger partial charge in [-0.25, -0.2) is 0 Å². The number of halogens is 3. The number of phenols is 1. The third kappa shape index (κ3) is 5.37. The number of phenolic OH excluding ortho intramolecular Hbond substituents is 1. The molecule has 0 amide bonds. The van der Waals surface area contributed by atoms with Gasteiger partial charge in [0.2, 0.25) is 0 Å². The highest BCUT2D eigenvalue weighted by molar-refractivity contribution is 5.39. The summed E-state index contributed by atoms with van der Waals surface area (Å²) in [6, 6.07) is 5.35. The molecular weight excluding hydrogens is 247 g/mol. The van der Waals surface area contributed by atoms with Crippen LogP contribution >= 0.6 is 0 Å². The summed E-state index contributed by atoms with van der Waals surface area (Å²) in [6.45, 7) is 1.22. The van der Waals surface area contributed by atoms with E-state index in [1.54, 1.807) is 19.1 Å². The molecule has 0 aliphatic heterocycles. The minimum atomic E-state index is -4.28. The summed E-state index contributed by atoms with van der Waals surface area (Å²) in [5.74, 6) is 0.209. The molecule has 2 N–H and O–H groups in total. The van der Waals surface area contributed by atoms with Crippen molar-refractivity contribution in [3.63, 3.8) is 0 Å². The van der Waals surface area contributed by atoms with E-state index in [9.17, 15) is 18.3 Å². The van der Waals surface area contributed by atoms with Crippen molar-refractivity contribution < 1.29 is 23.0 Å².